The van der Waals surface area contributed by atoms with Crippen LogP contribution in [-0.4, -0.2) is 80.0 Å². The van der Waals surface area contributed by atoms with Crippen LogP contribution in [0.1, 0.15) is 64.4 Å². The number of guanidine groups is 1. The fourth-order valence-corrected chi connectivity index (χ4v) is 5.02. The number of hydrogen-bond donors (Lipinski definition) is 3. The first-order valence-electron chi connectivity index (χ1n) is 12.8. The minimum Gasteiger partial charge on any atom is -0.383 e. The van der Waals surface area contributed by atoms with Gasteiger partial charge in [-0.2, -0.15) is 5.10 Å². The molecule has 3 N–H and O–H groups in total. The summed E-state index contributed by atoms with van der Waals surface area (Å²) in [4.78, 5) is 9.50. The molecular formula is C25H41N7O2. The van der Waals surface area contributed by atoms with E-state index < -0.39 is 0 Å². The molecule has 3 aliphatic rings. The maximum absolute atomic E-state index is 5.51. The van der Waals surface area contributed by atoms with Crippen LogP contribution in [0.25, 0.3) is 0 Å². The van der Waals surface area contributed by atoms with Crippen molar-refractivity contribution in [2.45, 2.75) is 76.9 Å². The van der Waals surface area contributed by atoms with Gasteiger partial charge in [0.05, 0.1) is 18.5 Å². The van der Waals surface area contributed by atoms with E-state index in [4.69, 9.17) is 14.5 Å². The quantitative estimate of drug-likeness (QED) is 0.509. The molecule has 0 bridgehead atoms. The van der Waals surface area contributed by atoms with Crippen LogP contribution in [0.2, 0.25) is 0 Å². The molecule has 34 heavy (non-hydrogen) atoms. The number of anilines is 1. The molecular weight excluding hydrogens is 430 g/mol. The predicted molar refractivity (Wildman–Crippen MR) is 136 cm³/mol. The fraction of sp³-hybridized carbons (Fsp3) is 0.760. The Kier molecular flexibility index (Phi) is 8.86. The zero-order chi connectivity index (χ0) is 23.8. The first kappa shape index (κ1) is 25.0. The second-order valence-electron chi connectivity index (χ2n) is 10.3. The van der Waals surface area contributed by atoms with Crippen molar-refractivity contribution in [2.75, 3.05) is 45.3 Å². The molecule has 1 aromatic heterocycles. The molecule has 0 aromatic carbocycles. The van der Waals surface area contributed by atoms with Gasteiger partial charge in [0, 0.05) is 63.5 Å². The second kappa shape index (κ2) is 12.0. The molecule has 1 saturated carbocycles. The van der Waals surface area contributed by atoms with Gasteiger partial charge in [-0.3, -0.25) is 4.99 Å². The number of nitrogens with one attached hydrogen (secondary N) is 3. The zero-order valence-corrected chi connectivity index (χ0v) is 21.0. The van der Waals surface area contributed by atoms with Gasteiger partial charge in [0.1, 0.15) is 5.82 Å². The van der Waals surface area contributed by atoms with Crippen LogP contribution in [0, 0.1) is 5.41 Å². The van der Waals surface area contributed by atoms with Crippen molar-refractivity contribution >= 4 is 17.5 Å². The van der Waals surface area contributed by atoms with Crippen LogP contribution in [-0.2, 0) is 9.47 Å². The summed E-state index contributed by atoms with van der Waals surface area (Å²) in [6, 6.07) is 3.44. The Hall–Kier alpha value is -2.10. The highest BCUT2D eigenvalue weighted by atomic mass is 16.5. The molecule has 1 saturated heterocycles. The SMILES string of the molecule is COC[C@H](C)NC1CCC(NC2=NCCC(c3cnnc(NCC4(C)CCOCC4)c3)=N2)CC1. The number of nitrogens with zero attached hydrogens (tertiary/aromatic N) is 4. The average molecular weight is 472 g/mol. The van der Waals surface area contributed by atoms with Crippen molar-refractivity contribution < 1.29 is 9.47 Å². The summed E-state index contributed by atoms with van der Waals surface area (Å²) in [6.07, 6.45) is 9.31. The summed E-state index contributed by atoms with van der Waals surface area (Å²) in [6.45, 7) is 8.53. The Bertz CT molecular complexity index is 845. The van der Waals surface area contributed by atoms with Gasteiger partial charge in [-0.05, 0) is 56.9 Å². The molecule has 1 aromatic rings. The molecule has 3 heterocycles. The number of aromatic nitrogens is 2. The topological polar surface area (TPSA) is 105 Å². The Morgan fingerprint density at radius 2 is 1.94 bits per heavy atom. The third-order valence-corrected chi connectivity index (χ3v) is 7.23. The molecule has 2 aliphatic heterocycles. The largest absolute Gasteiger partial charge is 0.383 e. The van der Waals surface area contributed by atoms with E-state index in [0.29, 0.717) is 18.1 Å². The smallest absolute Gasteiger partial charge is 0.218 e. The molecule has 188 valence electrons. The zero-order valence-electron chi connectivity index (χ0n) is 21.0. The molecule has 0 spiro atoms. The first-order valence-corrected chi connectivity index (χ1v) is 12.8. The lowest BCUT2D eigenvalue weighted by Gasteiger charge is -2.33. The number of hydrogen-bond acceptors (Lipinski definition) is 9. The average Bonchev–Trinajstić information content (AvgIpc) is 2.85. The van der Waals surface area contributed by atoms with Gasteiger partial charge in [0.15, 0.2) is 0 Å². The van der Waals surface area contributed by atoms with E-state index in [0.717, 1.165) is 101 Å². The van der Waals surface area contributed by atoms with Gasteiger partial charge in [0.25, 0.3) is 0 Å². The van der Waals surface area contributed by atoms with Crippen LogP contribution in [0.4, 0.5) is 5.82 Å². The maximum atomic E-state index is 5.51. The number of ether oxygens (including phenoxy) is 2. The van der Waals surface area contributed by atoms with Crippen molar-refractivity contribution in [3.8, 4) is 0 Å². The molecule has 1 aliphatic carbocycles. The molecule has 0 radical (unpaired) electrons. The number of methoxy groups -OCH3 is 1. The van der Waals surface area contributed by atoms with Crippen LogP contribution < -0.4 is 16.0 Å². The Balaban J connectivity index is 1.29. The van der Waals surface area contributed by atoms with E-state index in [2.05, 4.69) is 51.1 Å². The van der Waals surface area contributed by atoms with E-state index >= 15 is 0 Å². The Morgan fingerprint density at radius 3 is 2.71 bits per heavy atom. The van der Waals surface area contributed by atoms with Crippen LogP contribution in [0.15, 0.2) is 22.2 Å². The van der Waals surface area contributed by atoms with E-state index in [1.54, 1.807) is 13.3 Å². The standard InChI is InChI=1S/C25H41N7O2/c1-18(16-33-3)29-20-4-6-21(7-5-20)30-24-26-11-8-22(31-24)19-14-23(32-28-15-19)27-17-25(2)9-12-34-13-10-25/h14-15,18,20-21,29H,4-13,16-17H2,1-3H3,(H,26,30)(H,27,32)/t18-,20?,21?/m0/s1. The summed E-state index contributed by atoms with van der Waals surface area (Å²) in [5.41, 5.74) is 2.28. The molecule has 9 heteroatoms. The Morgan fingerprint density at radius 1 is 1.18 bits per heavy atom. The normalized spacial score (nSPS) is 25.7. The summed E-state index contributed by atoms with van der Waals surface area (Å²) >= 11 is 0. The first-order chi connectivity index (χ1) is 16.5. The van der Waals surface area contributed by atoms with Gasteiger partial charge in [-0.15, -0.1) is 5.10 Å². The molecule has 0 unspecified atom stereocenters. The van der Waals surface area contributed by atoms with Gasteiger partial charge in [0.2, 0.25) is 5.96 Å². The number of rotatable bonds is 9. The molecule has 4 rings (SSSR count). The Labute approximate surface area is 203 Å². The summed E-state index contributed by atoms with van der Waals surface area (Å²) in [5.74, 6) is 1.56. The predicted octanol–water partition coefficient (Wildman–Crippen LogP) is 2.78. The van der Waals surface area contributed by atoms with Crippen molar-refractivity contribution in [1.29, 1.82) is 0 Å². The van der Waals surface area contributed by atoms with Crippen LogP contribution >= 0.6 is 0 Å². The third-order valence-electron chi connectivity index (χ3n) is 7.23. The van der Waals surface area contributed by atoms with Crippen molar-refractivity contribution in [3.63, 3.8) is 0 Å². The third kappa shape index (κ3) is 7.20. The highest BCUT2D eigenvalue weighted by molar-refractivity contribution is 6.08. The molecule has 2 fully saturated rings. The van der Waals surface area contributed by atoms with E-state index in [1.165, 1.54) is 0 Å². The van der Waals surface area contributed by atoms with E-state index in [1.807, 2.05) is 0 Å². The lowest BCUT2D eigenvalue weighted by molar-refractivity contribution is 0.0299. The van der Waals surface area contributed by atoms with E-state index in [-0.39, 0.29) is 5.41 Å². The van der Waals surface area contributed by atoms with Crippen LogP contribution in [0.5, 0.6) is 0 Å². The maximum Gasteiger partial charge on any atom is 0.218 e. The minimum absolute atomic E-state index is 0.235. The molecule has 1 atom stereocenters. The van der Waals surface area contributed by atoms with E-state index in [9.17, 15) is 0 Å². The van der Waals surface area contributed by atoms with Gasteiger partial charge < -0.3 is 25.4 Å². The minimum atomic E-state index is 0.235. The monoisotopic (exact) mass is 471 g/mol. The molecule has 9 nitrogen and oxygen atoms in total. The highest BCUT2D eigenvalue weighted by Crippen LogP contribution is 2.29. The van der Waals surface area contributed by atoms with Gasteiger partial charge in [-0.1, -0.05) is 6.92 Å². The van der Waals surface area contributed by atoms with Gasteiger partial charge >= 0.3 is 0 Å². The second-order valence-corrected chi connectivity index (χ2v) is 10.3. The lowest BCUT2D eigenvalue weighted by atomic mass is 9.82. The number of aliphatic imine (C=N–C) groups is 2. The van der Waals surface area contributed by atoms with Crippen molar-refractivity contribution in [1.82, 2.24) is 20.8 Å². The summed E-state index contributed by atoms with van der Waals surface area (Å²) < 4.78 is 10.8. The summed E-state index contributed by atoms with van der Waals surface area (Å²) in [7, 11) is 1.76. The molecule has 0 amide bonds. The summed E-state index contributed by atoms with van der Waals surface area (Å²) in [5, 5.41) is 19.3. The van der Waals surface area contributed by atoms with Gasteiger partial charge in [-0.25, -0.2) is 4.99 Å². The fourth-order valence-electron chi connectivity index (χ4n) is 5.02. The van der Waals surface area contributed by atoms with Crippen molar-refractivity contribution in [3.05, 3.63) is 17.8 Å². The van der Waals surface area contributed by atoms with Crippen molar-refractivity contribution in [2.24, 2.45) is 15.4 Å². The lowest BCUT2D eigenvalue weighted by Crippen LogP contribution is -2.45. The van der Waals surface area contributed by atoms with Crippen LogP contribution in [0.3, 0.4) is 0 Å². The highest BCUT2D eigenvalue weighted by Gasteiger charge is 2.27.